The number of carbonyl (C=O) groups is 1. The van der Waals surface area contributed by atoms with Gasteiger partial charge in [-0.3, -0.25) is 0 Å². The number of fused-ring (bicyclic) bond motifs is 2. The van der Waals surface area contributed by atoms with Gasteiger partial charge in [0.25, 0.3) is 0 Å². The highest BCUT2D eigenvalue weighted by atomic mass is 16.5. The summed E-state index contributed by atoms with van der Waals surface area (Å²) in [7, 11) is 0. The van der Waals surface area contributed by atoms with Gasteiger partial charge < -0.3 is 10.5 Å². The van der Waals surface area contributed by atoms with Gasteiger partial charge >= 0.3 is 5.97 Å². The van der Waals surface area contributed by atoms with Gasteiger partial charge in [-0.15, -0.1) is 0 Å². The third-order valence-corrected chi connectivity index (χ3v) is 15.3. The molecule has 2 N–H and O–H groups in total. The van der Waals surface area contributed by atoms with Crippen molar-refractivity contribution in [3.63, 3.8) is 0 Å². The standard InChI is InChI=1S/C41H61NO2/c1-26(2)27(3)13-14-28(4)32-17-20-39(9)34-16-15-33-37(6,7)19-18-35(41(33)25-40(34,41)22-21-38(32,39)8)44-36(43)29(5)23-30-11-10-12-31(42)24-30/h10-12,23-24,26,28,32-35H,3,13-22,25,42H2,1-2,4-9H3/b29-23+/t28-,32-,33+,34+,35?,38-,39+,40+,41-/m1/s1. The lowest BCUT2D eigenvalue weighted by molar-refractivity contribution is -0.186. The zero-order chi connectivity index (χ0) is 31.9. The zero-order valence-electron chi connectivity index (χ0n) is 29.2. The van der Waals surface area contributed by atoms with E-state index in [1.165, 1.54) is 63.4 Å². The molecule has 0 heterocycles. The molecule has 3 nitrogen and oxygen atoms in total. The van der Waals surface area contributed by atoms with Crippen LogP contribution in [-0.2, 0) is 9.53 Å². The largest absolute Gasteiger partial charge is 0.458 e. The van der Waals surface area contributed by atoms with Crippen LogP contribution in [0.2, 0.25) is 0 Å². The Morgan fingerprint density at radius 1 is 1.00 bits per heavy atom. The molecule has 0 saturated heterocycles. The number of esters is 1. The summed E-state index contributed by atoms with van der Waals surface area (Å²) in [6.45, 7) is 23.9. The van der Waals surface area contributed by atoms with Crippen LogP contribution in [0.15, 0.2) is 42.0 Å². The van der Waals surface area contributed by atoms with Crippen LogP contribution in [0, 0.1) is 56.7 Å². The maximum Gasteiger partial charge on any atom is 0.334 e. The molecule has 1 aromatic carbocycles. The highest BCUT2D eigenvalue weighted by molar-refractivity contribution is 5.93. The number of allylic oxidation sites excluding steroid dienone is 1. The van der Waals surface area contributed by atoms with Gasteiger partial charge in [0, 0.05) is 16.7 Å². The quantitative estimate of drug-likeness (QED) is 0.140. The van der Waals surface area contributed by atoms with Crippen LogP contribution < -0.4 is 5.73 Å². The van der Waals surface area contributed by atoms with Crippen LogP contribution in [0.3, 0.4) is 0 Å². The SMILES string of the molecule is C=C(CC[C@@H](C)[C@H]1CC[C@@]2(C)[C@@H]3CC[C@H]4C(C)(C)CCC(OC(=O)/C(C)=C/c5cccc(N)c5)[C@@]45C[C@@]35CC[C@]12C)C(C)C. The number of ether oxygens (including phenoxy) is 1. The van der Waals surface area contributed by atoms with Gasteiger partial charge in [-0.1, -0.05) is 72.8 Å². The van der Waals surface area contributed by atoms with Crippen molar-refractivity contribution in [2.45, 2.75) is 132 Å². The van der Waals surface area contributed by atoms with E-state index in [9.17, 15) is 4.79 Å². The summed E-state index contributed by atoms with van der Waals surface area (Å²) in [4.78, 5) is 13.7. The Bertz CT molecular complexity index is 1340. The lowest BCUT2D eigenvalue weighted by atomic mass is 9.41. The highest BCUT2D eigenvalue weighted by Gasteiger charge is 2.84. The summed E-state index contributed by atoms with van der Waals surface area (Å²) >= 11 is 0. The number of nitrogens with two attached hydrogens (primary N) is 1. The van der Waals surface area contributed by atoms with Crippen molar-refractivity contribution < 1.29 is 9.53 Å². The molecule has 0 aliphatic heterocycles. The fraction of sp³-hybridized carbons (Fsp3) is 0.732. The smallest absolute Gasteiger partial charge is 0.334 e. The minimum Gasteiger partial charge on any atom is -0.458 e. The lowest BCUT2D eigenvalue weighted by Crippen LogP contribution is -2.59. The average Bonchev–Trinajstić information content (AvgIpc) is 3.56. The van der Waals surface area contributed by atoms with E-state index in [1.54, 1.807) is 0 Å². The molecular formula is C41H61NO2. The first-order valence-corrected chi connectivity index (χ1v) is 18.0. The van der Waals surface area contributed by atoms with Crippen LogP contribution in [0.25, 0.3) is 6.08 Å². The Morgan fingerprint density at radius 3 is 2.43 bits per heavy atom. The molecule has 5 fully saturated rings. The van der Waals surface area contributed by atoms with Crippen molar-refractivity contribution >= 4 is 17.7 Å². The molecule has 5 aliphatic carbocycles. The van der Waals surface area contributed by atoms with Gasteiger partial charge in [0.15, 0.2) is 0 Å². The van der Waals surface area contributed by atoms with E-state index in [1.807, 2.05) is 37.3 Å². The molecule has 5 saturated carbocycles. The van der Waals surface area contributed by atoms with Crippen molar-refractivity contribution in [3.05, 3.63) is 47.6 Å². The van der Waals surface area contributed by atoms with Crippen LogP contribution in [-0.4, -0.2) is 12.1 Å². The molecule has 3 heteroatoms. The molecule has 1 aromatic rings. The summed E-state index contributed by atoms with van der Waals surface area (Å²) < 4.78 is 6.66. The molecule has 2 spiro atoms. The van der Waals surface area contributed by atoms with E-state index in [4.69, 9.17) is 10.5 Å². The number of anilines is 1. The summed E-state index contributed by atoms with van der Waals surface area (Å²) in [6, 6.07) is 7.75. The summed E-state index contributed by atoms with van der Waals surface area (Å²) in [5, 5.41) is 0. The first-order chi connectivity index (χ1) is 20.6. The predicted molar refractivity (Wildman–Crippen MR) is 184 cm³/mol. The van der Waals surface area contributed by atoms with Crippen molar-refractivity contribution in [2.75, 3.05) is 5.73 Å². The Labute approximate surface area is 268 Å². The third kappa shape index (κ3) is 4.59. The number of rotatable bonds is 8. The topological polar surface area (TPSA) is 52.3 Å². The Balaban J connectivity index is 1.26. The molecule has 0 aromatic heterocycles. The molecule has 9 atom stereocenters. The molecule has 5 aliphatic rings. The van der Waals surface area contributed by atoms with Gasteiger partial charge in [-0.2, -0.15) is 0 Å². The van der Waals surface area contributed by atoms with Gasteiger partial charge in [0.05, 0.1) is 0 Å². The number of carbonyl (C=O) groups excluding carboxylic acids is 1. The van der Waals surface area contributed by atoms with Gasteiger partial charge in [-0.25, -0.2) is 4.79 Å². The third-order valence-electron chi connectivity index (χ3n) is 15.3. The first kappa shape index (κ1) is 31.9. The molecule has 242 valence electrons. The normalized spacial score (nSPS) is 41.2. The maximum atomic E-state index is 13.7. The molecule has 0 amide bonds. The average molecular weight is 600 g/mol. The Hall–Kier alpha value is -2.03. The second-order valence-corrected chi connectivity index (χ2v) is 17.8. The predicted octanol–water partition coefficient (Wildman–Crippen LogP) is 10.7. The minimum atomic E-state index is -0.140. The van der Waals surface area contributed by atoms with Crippen molar-refractivity contribution in [3.8, 4) is 0 Å². The van der Waals surface area contributed by atoms with E-state index in [-0.39, 0.29) is 17.5 Å². The maximum absolute atomic E-state index is 13.7. The fourth-order valence-electron chi connectivity index (χ4n) is 12.5. The number of nitrogen functional groups attached to an aromatic ring is 1. The Morgan fingerprint density at radius 2 is 1.73 bits per heavy atom. The van der Waals surface area contributed by atoms with Crippen LogP contribution >= 0.6 is 0 Å². The van der Waals surface area contributed by atoms with Crippen LogP contribution in [0.1, 0.15) is 132 Å². The highest BCUT2D eigenvalue weighted by Crippen LogP contribution is 2.89. The molecule has 0 radical (unpaired) electrons. The zero-order valence-corrected chi connectivity index (χ0v) is 29.2. The second-order valence-electron chi connectivity index (χ2n) is 17.8. The molecule has 44 heavy (non-hydrogen) atoms. The minimum absolute atomic E-state index is 0.0335. The molecule has 0 bridgehead atoms. The van der Waals surface area contributed by atoms with Crippen molar-refractivity contribution in [2.24, 2.45) is 56.7 Å². The van der Waals surface area contributed by atoms with E-state index in [0.717, 1.165) is 36.2 Å². The van der Waals surface area contributed by atoms with Gasteiger partial charge in [-0.05, 0) is 153 Å². The summed E-state index contributed by atoms with van der Waals surface area (Å²) in [5.74, 6) is 3.37. The van der Waals surface area contributed by atoms with Crippen molar-refractivity contribution in [1.29, 1.82) is 0 Å². The molecule has 6 rings (SSSR count). The molecule has 1 unspecified atom stereocenters. The lowest BCUT2D eigenvalue weighted by Gasteiger charge is -2.63. The van der Waals surface area contributed by atoms with E-state index in [0.29, 0.717) is 44.8 Å². The Kier molecular flexibility index (Phi) is 7.81. The monoisotopic (exact) mass is 599 g/mol. The van der Waals surface area contributed by atoms with E-state index >= 15 is 0 Å². The summed E-state index contributed by atoms with van der Waals surface area (Å²) in [5.41, 5.74) is 11.3. The van der Waals surface area contributed by atoms with E-state index in [2.05, 4.69) is 55.0 Å². The second kappa shape index (κ2) is 10.8. The number of benzene rings is 1. The number of hydrogen-bond acceptors (Lipinski definition) is 3. The van der Waals surface area contributed by atoms with Gasteiger partial charge in [0.2, 0.25) is 0 Å². The van der Waals surface area contributed by atoms with Crippen molar-refractivity contribution in [1.82, 2.24) is 0 Å². The van der Waals surface area contributed by atoms with Crippen LogP contribution in [0.4, 0.5) is 5.69 Å². The number of hydrogen-bond donors (Lipinski definition) is 1. The van der Waals surface area contributed by atoms with Gasteiger partial charge in [0.1, 0.15) is 6.10 Å². The molecular weight excluding hydrogens is 538 g/mol. The fourth-order valence-corrected chi connectivity index (χ4v) is 12.5. The van der Waals surface area contributed by atoms with E-state index < -0.39 is 0 Å². The summed E-state index contributed by atoms with van der Waals surface area (Å²) in [6.07, 6.45) is 15.9. The van der Waals surface area contributed by atoms with Crippen LogP contribution in [0.5, 0.6) is 0 Å². The first-order valence-electron chi connectivity index (χ1n) is 18.0.